The molecule has 0 amide bonds. The van der Waals surface area contributed by atoms with Gasteiger partial charge in [0.1, 0.15) is 12.1 Å². The zero-order valence-electron chi connectivity index (χ0n) is 12.1. The Hall–Kier alpha value is -2.94. The number of fused-ring (bicyclic) bond motifs is 1. The smallest absolute Gasteiger partial charge is 0.254 e. The number of hydrogen-bond donors (Lipinski definition) is 0. The third-order valence-corrected chi connectivity index (χ3v) is 4.00. The van der Waals surface area contributed by atoms with E-state index >= 15 is 0 Å². The molecule has 0 bridgehead atoms. The van der Waals surface area contributed by atoms with Crippen molar-refractivity contribution in [3.63, 3.8) is 0 Å². The lowest BCUT2D eigenvalue weighted by molar-refractivity contribution is 0.875. The van der Waals surface area contributed by atoms with Crippen LogP contribution in [0, 0.1) is 11.3 Å². The molecule has 0 spiro atoms. The van der Waals surface area contributed by atoms with E-state index in [1.165, 1.54) is 19.2 Å². The van der Waals surface area contributed by atoms with Crippen LogP contribution in [0.5, 0.6) is 0 Å². The minimum Gasteiger partial charge on any atom is -0.357 e. The molecule has 0 atom stereocenters. The van der Waals surface area contributed by atoms with Crippen LogP contribution in [0.1, 0.15) is 18.4 Å². The van der Waals surface area contributed by atoms with Gasteiger partial charge in [-0.15, -0.1) is 0 Å². The highest BCUT2D eigenvalue weighted by atomic mass is 15.3. The summed E-state index contributed by atoms with van der Waals surface area (Å²) < 4.78 is 1.73. The summed E-state index contributed by atoms with van der Waals surface area (Å²) >= 11 is 0. The van der Waals surface area contributed by atoms with E-state index in [4.69, 9.17) is 5.26 Å². The molecule has 2 aromatic heterocycles. The Bertz CT molecular complexity index is 870. The lowest BCUT2D eigenvalue weighted by Crippen LogP contribution is -2.21. The Labute approximate surface area is 127 Å². The fourth-order valence-electron chi connectivity index (χ4n) is 2.55. The average molecular weight is 290 g/mol. The quantitative estimate of drug-likeness (QED) is 0.740. The van der Waals surface area contributed by atoms with Crippen molar-refractivity contribution in [2.45, 2.75) is 18.9 Å². The van der Waals surface area contributed by atoms with E-state index in [0.717, 1.165) is 17.1 Å². The summed E-state index contributed by atoms with van der Waals surface area (Å²) in [4.78, 5) is 11.0. The second-order valence-corrected chi connectivity index (χ2v) is 5.50. The molecule has 3 aromatic rings. The van der Waals surface area contributed by atoms with E-state index in [-0.39, 0.29) is 0 Å². The highest BCUT2D eigenvalue weighted by Gasteiger charge is 2.28. The minimum absolute atomic E-state index is 0.576. The molecule has 6 nitrogen and oxygen atoms in total. The van der Waals surface area contributed by atoms with Crippen LogP contribution in [0.15, 0.2) is 36.7 Å². The van der Waals surface area contributed by atoms with Gasteiger partial charge in [-0.2, -0.15) is 24.8 Å². The van der Waals surface area contributed by atoms with Gasteiger partial charge in [0, 0.05) is 24.7 Å². The maximum absolute atomic E-state index is 8.93. The predicted molar refractivity (Wildman–Crippen MR) is 82.4 cm³/mol. The summed E-state index contributed by atoms with van der Waals surface area (Å²) in [5, 5.41) is 13.2. The molecule has 108 valence electrons. The second-order valence-electron chi connectivity index (χ2n) is 5.50. The molecule has 22 heavy (non-hydrogen) atoms. The molecule has 2 heterocycles. The van der Waals surface area contributed by atoms with Crippen LogP contribution >= 0.6 is 0 Å². The van der Waals surface area contributed by atoms with E-state index in [1.54, 1.807) is 4.52 Å². The van der Waals surface area contributed by atoms with Gasteiger partial charge in [-0.3, -0.25) is 0 Å². The van der Waals surface area contributed by atoms with Gasteiger partial charge in [0.05, 0.1) is 17.3 Å². The van der Waals surface area contributed by atoms with Gasteiger partial charge in [0.2, 0.25) is 0 Å². The Morgan fingerprint density at radius 3 is 2.73 bits per heavy atom. The summed E-state index contributed by atoms with van der Waals surface area (Å²) in [5.74, 6) is 1.49. The molecule has 6 heteroatoms. The molecule has 1 aromatic carbocycles. The van der Waals surface area contributed by atoms with Crippen molar-refractivity contribution in [3.8, 4) is 17.3 Å². The molecule has 0 radical (unpaired) electrons. The third kappa shape index (κ3) is 2.07. The first-order valence-corrected chi connectivity index (χ1v) is 7.20. The van der Waals surface area contributed by atoms with Crippen molar-refractivity contribution in [3.05, 3.63) is 42.2 Å². The number of hydrogen-bond acceptors (Lipinski definition) is 5. The molecule has 1 fully saturated rings. The number of nitriles is 1. The Morgan fingerprint density at radius 1 is 1.27 bits per heavy atom. The van der Waals surface area contributed by atoms with Gasteiger partial charge in [0.25, 0.3) is 5.78 Å². The van der Waals surface area contributed by atoms with Crippen LogP contribution in [-0.4, -0.2) is 32.7 Å². The molecular formula is C16H14N6. The monoisotopic (exact) mass is 290 g/mol. The Kier molecular flexibility index (Phi) is 2.79. The molecule has 0 saturated heterocycles. The molecule has 0 aliphatic heterocycles. The molecule has 4 rings (SSSR count). The van der Waals surface area contributed by atoms with Gasteiger partial charge in [-0.1, -0.05) is 12.1 Å². The minimum atomic E-state index is 0.576. The maximum atomic E-state index is 8.93. The van der Waals surface area contributed by atoms with E-state index < -0.39 is 0 Å². The van der Waals surface area contributed by atoms with Crippen molar-refractivity contribution >= 4 is 11.6 Å². The lowest BCUT2D eigenvalue weighted by Gasteiger charge is -2.18. The van der Waals surface area contributed by atoms with Crippen molar-refractivity contribution in [1.82, 2.24) is 19.6 Å². The number of aromatic nitrogens is 4. The summed E-state index contributed by atoms with van der Waals surface area (Å²) in [6.45, 7) is 0. The van der Waals surface area contributed by atoms with Crippen LogP contribution in [0.2, 0.25) is 0 Å². The van der Waals surface area contributed by atoms with Crippen LogP contribution in [0.4, 0.5) is 5.82 Å². The summed E-state index contributed by atoms with van der Waals surface area (Å²) in [6.07, 6.45) is 3.93. The van der Waals surface area contributed by atoms with Crippen LogP contribution in [0.3, 0.4) is 0 Å². The predicted octanol–water partition coefficient (Wildman–Crippen LogP) is 2.26. The largest absolute Gasteiger partial charge is 0.357 e. The SMILES string of the molecule is CN(c1cc(-c2ccc(C#N)cc2)n2ncnc2n1)C1CC1. The van der Waals surface area contributed by atoms with Gasteiger partial charge in [0.15, 0.2) is 0 Å². The zero-order valence-corrected chi connectivity index (χ0v) is 12.1. The summed E-state index contributed by atoms with van der Waals surface area (Å²) in [6, 6.07) is 12.2. The first kappa shape index (κ1) is 12.8. The van der Waals surface area contributed by atoms with E-state index in [0.29, 0.717) is 17.4 Å². The van der Waals surface area contributed by atoms with Crippen LogP contribution in [-0.2, 0) is 0 Å². The topological polar surface area (TPSA) is 70.1 Å². The summed E-state index contributed by atoms with van der Waals surface area (Å²) in [5.41, 5.74) is 2.56. The highest BCUT2D eigenvalue weighted by molar-refractivity contribution is 5.67. The van der Waals surface area contributed by atoms with Crippen molar-refractivity contribution < 1.29 is 0 Å². The van der Waals surface area contributed by atoms with Gasteiger partial charge >= 0.3 is 0 Å². The fraction of sp³-hybridized carbons (Fsp3) is 0.250. The second kappa shape index (κ2) is 4.81. The molecule has 0 unspecified atom stereocenters. The Balaban J connectivity index is 1.87. The first-order chi connectivity index (χ1) is 10.8. The number of anilines is 1. The molecule has 1 saturated carbocycles. The zero-order chi connectivity index (χ0) is 15.1. The van der Waals surface area contributed by atoms with Gasteiger partial charge in [-0.25, -0.2) is 0 Å². The standard InChI is InChI=1S/C16H14N6/c1-21(13-6-7-13)15-8-14(22-16(20-15)18-10-19-22)12-4-2-11(9-17)3-5-12/h2-5,8,10,13H,6-7H2,1H3. The van der Waals surface area contributed by atoms with E-state index in [1.807, 2.05) is 30.3 Å². The molecular weight excluding hydrogens is 276 g/mol. The normalized spacial score (nSPS) is 14.0. The number of nitrogens with zero attached hydrogens (tertiary/aromatic N) is 6. The van der Waals surface area contributed by atoms with Crippen molar-refractivity contribution in [1.29, 1.82) is 5.26 Å². The van der Waals surface area contributed by atoms with E-state index in [9.17, 15) is 0 Å². The van der Waals surface area contributed by atoms with Crippen LogP contribution in [0.25, 0.3) is 17.0 Å². The molecule has 1 aliphatic carbocycles. The van der Waals surface area contributed by atoms with Gasteiger partial charge < -0.3 is 4.90 Å². The number of benzene rings is 1. The van der Waals surface area contributed by atoms with Gasteiger partial charge in [-0.05, 0) is 25.0 Å². The average Bonchev–Trinajstić information content (AvgIpc) is 3.31. The van der Waals surface area contributed by atoms with Crippen LogP contribution < -0.4 is 4.90 Å². The van der Waals surface area contributed by atoms with Crippen molar-refractivity contribution in [2.24, 2.45) is 0 Å². The highest BCUT2D eigenvalue weighted by Crippen LogP contribution is 2.31. The Morgan fingerprint density at radius 2 is 2.05 bits per heavy atom. The third-order valence-electron chi connectivity index (χ3n) is 4.00. The molecule has 0 N–H and O–H groups in total. The first-order valence-electron chi connectivity index (χ1n) is 7.20. The molecule has 1 aliphatic rings. The maximum Gasteiger partial charge on any atom is 0.254 e. The lowest BCUT2D eigenvalue weighted by atomic mass is 10.1. The fourth-order valence-corrected chi connectivity index (χ4v) is 2.55. The van der Waals surface area contributed by atoms with E-state index in [2.05, 4.69) is 33.1 Å². The van der Waals surface area contributed by atoms with Crippen molar-refractivity contribution in [2.75, 3.05) is 11.9 Å². The number of rotatable bonds is 3. The summed E-state index contributed by atoms with van der Waals surface area (Å²) in [7, 11) is 2.06.